The molecular formula is C105H106N2. The van der Waals surface area contributed by atoms with E-state index in [1.807, 2.05) is 0 Å². The summed E-state index contributed by atoms with van der Waals surface area (Å²) in [5, 5.41) is 4.90. The Morgan fingerprint density at radius 1 is 0.243 bits per heavy atom. The summed E-state index contributed by atoms with van der Waals surface area (Å²) in [7, 11) is 0. The van der Waals surface area contributed by atoms with Gasteiger partial charge in [-0.3, -0.25) is 0 Å². The Bertz CT molecular complexity index is 4910. The summed E-state index contributed by atoms with van der Waals surface area (Å²) in [6.45, 7) is 11.1. The molecule has 2 nitrogen and oxygen atoms in total. The van der Waals surface area contributed by atoms with Crippen LogP contribution in [-0.4, -0.2) is 0 Å². The standard InChI is InChI=1S/C105H106N2/c1-73-33-49-86(50-34-73)99(82-22-10-6-11-23-82)69-78-41-57-90(58-42-78)106(91-59-43-79(44-60-91)70-100(83-24-12-7-13-25-83)87-51-35-74(2)36-52-87)103-67-65-95(94-30-18-19-31-96(94)103)97-66-68-104(98-32-20-21-77(5)105(97)98)107(92-61-45-80(46-62-92)71-101(84-26-14-8-15-27-84)88-53-37-75(3)38-54-88)93-63-47-81(48-64-93)72-102(85-28-16-9-17-29-85)89-55-39-76(4)40-56-89/h18-21,30-72,82-85H,6-17,22-29H2,1-5H3/b99-69+,100-70+,101-71+,102-72+. The Kier molecular flexibility index (Phi) is 21.8. The van der Waals surface area contributed by atoms with E-state index in [2.05, 4.69) is 330 Å². The predicted octanol–water partition coefficient (Wildman–Crippen LogP) is 30.6. The van der Waals surface area contributed by atoms with E-state index in [9.17, 15) is 0 Å². The zero-order valence-electron chi connectivity index (χ0n) is 64.0. The summed E-state index contributed by atoms with van der Waals surface area (Å²) >= 11 is 0. The Morgan fingerprint density at radius 3 is 0.822 bits per heavy atom. The number of hydrogen-bond acceptors (Lipinski definition) is 2. The molecule has 12 aromatic rings. The van der Waals surface area contributed by atoms with E-state index in [4.69, 9.17) is 0 Å². The lowest BCUT2D eigenvalue weighted by Gasteiger charge is -2.29. The molecule has 0 N–H and O–H groups in total. The summed E-state index contributed by atoms with van der Waals surface area (Å²) in [5.41, 5.74) is 32.0. The maximum absolute atomic E-state index is 2.52. The molecule has 0 saturated heterocycles. The highest BCUT2D eigenvalue weighted by atomic mass is 15.1. The fraction of sp³-hybridized carbons (Fsp3) is 0.276. The number of fused-ring (bicyclic) bond motifs is 2. The Balaban J connectivity index is 0.812. The van der Waals surface area contributed by atoms with Crippen LogP contribution in [0.25, 0.3) is 79.3 Å². The van der Waals surface area contributed by atoms with Crippen molar-refractivity contribution in [1.82, 2.24) is 0 Å². The van der Waals surface area contributed by atoms with Gasteiger partial charge < -0.3 is 9.80 Å². The van der Waals surface area contributed by atoms with Crippen molar-refractivity contribution in [2.24, 2.45) is 23.7 Å². The van der Waals surface area contributed by atoms with Gasteiger partial charge in [-0.1, -0.05) is 324 Å². The van der Waals surface area contributed by atoms with Gasteiger partial charge in [0.2, 0.25) is 0 Å². The summed E-state index contributed by atoms with van der Waals surface area (Å²) < 4.78 is 0. The molecule has 0 radical (unpaired) electrons. The number of rotatable bonds is 19. The average Bonchev–Trinajstić information content (AvgIpc) is 0.738. The molecule has 0 aliphatic heterocycles. The average molecular weight is 1400 g/mol. The van der Waals surface area contributed by atoms with Gasteiger partial charge in [-0.25, -0.2) is 0 Å². The van der Waals surface area contributed by atoms with Crippen molar-refractivity contribution in [3.8, 4) is 11.1 Å². The maximum Gasteiger partial charge on any atom is 0.0540 e. The Hall–Kier alpha value is -10.3. The summed E-state index contributed by atoms with van der Waals surface area (Å²) in [5.74, 6) is 2.24. The van der Waals surface area contributed by atoms with E-state index < -0.39 is 0 Å². The van der Waals surface area contributed by atoms with Crippen LogP contribution in [0.15, 0.2) is 261 Å². The zero-order chi connectivity index (χ0) is 72.6. The molecule has 16 rings (SSSR count). The molecule has 0 spiro atoms. The van der Waals surface area contributed by atoms with Crippen LogP contribution in [-0.2, 0) is 0 Å². The van der Waals surface area contributed by atoms with E-state index >= 15 is 0 Å². The SMILES string of the molecule is Cc1ccc(/C(=C/c2ccc(N(c3ccc(/C=C(/c4ccc(C)cc4)C4CCCCC4)cc3)c3ccc(-c4ccc(N(c5ccc(/C=C(/c6ccc(C)cc6)C6CCCCC6)cc5)c5ccc(/C=C(/c6ccc(C)cc6)C6CCCCC6)cc5)c5cccc(C)c45)c4ccccc34)cc2)C2CCCCC2)cc1. The van der Waals surface area contributed by atoms with Crippen LogP contribution in [0.2, 0.25) is 0 Å². The van der Waals surface area contributed by atoms with Gasteiger partial charge in [-0.05, 0) is 265 Å². The van der Waals surface area contributed by atoms with E-state index in [1.165, 1.54) is 256 Å². The van der Waals surface area contributed by atoms with Gasteiger partial charge in [0.25, 0.3) is 0 Å². The number of benzene rings is 12. The van der Waals surface area contributed by atoms with Gasteiger partial charge >= 0.3 is 0 Å². The topological polar surface area (TPSA) is 6.48 Å². The molecule has 107 heavy (non-hydrogen) atoms. The van der Waals surface area contributed by atoms with E-state index in [0.29, 0.717) is 23.7 Å². The molecule has 536 valence electrons. The number of nitrogens with zero attached hydrogens (tertiary/aromatic N) is 2. The van der Waals surface area contributed by atoms with Crippen LogP contribution in [0.5, 0.6) is 0 Å². The number of anilines is 6. The monoisotopic (exact) mass is 1390 g/mol. The number of allylic oxidation sites excluding steroid dienone is 4. The second-order valence-corrected chi connectivity index (χ2v) is 32.0. The molecule has 0 unspecified atom stereocenters. The molecule has 0 aromatic heterocycles. The van der Waals surface area contributed by atoms with E-state index in [1.54, 1.807) is 0 Å². The lowest BCUT2D eigenvalue weighted by atomic mass is 9.80. The van der Waals surface area contributed by atoms with Gasteiger partial charge in [0.1, 0.15) is 0 Å². The predicted molar refractivity (Wildman–Crippen MR) is 463 cm³/mol. The minimum absolute atomic E-state index is 0.560. The Labute approximate surface area is 639 Å². The number of hydrogen-bond donors (Lipinski definition) is 0. The van der Waals surface area contributed by atoms with Crippen molar-refractivity contribution in [3.05, 3.63) is 333 Å². The van der Waals surface area contributed by atoms with Crippen LogP contribution in [0, 0.1) is 58.3 Å². The first-order valence-corrected chi connectivity index (χ1v) is 40.8. The van der Waals surface area contributed by atoms with Gasteiger partial charge in [0.15, 0.2) is 0 Å². The van der Waals surface area contributed by atoms with Gasteiger partial charge in [-0.2, -0.15) is 0 Å². The number of aryl methyl sites for hydroxylation is 5. The third-order valence-electron chi connectivity index (χ3n) is 24.5. The normalized spacial score (nSPS) is 16.3. The fourth-order valence-electron chi connectivity index (χ4n) is 18.5. The molecule has 0 amide bonds. The van der Waals surface area contributed by atoms with Crippen molar-refractivity contribution in [2.75, 3.05) is 9.80 Å². The summed E-state index contributed by atoms with van der Waals surface area (Å²) in [6, 6.07) is 101. The smallest absolute Gasteiger partial charge is 0.0540 e. The van der Waals surface area contributed by atoms with E-state index in [0.717, 1.165) is 34.1 Å². The second-order valence-electron chi connectivity index (χ2n) is 32.0. The molecule has 4 saturated carbocycles. The molecule has 4 aliphatic carbocycles. The lowest BCUT2D eigenvalue weighted by Crippen LogP contribution is -2.11. The highest BCUT2D eigenvalue weighted by molar-refractivity contribution is 6.14. The van der Waals surface area contributed by atoms with Crippen molar-refractivity contribution in [3.63, 3.8) is 0 Å². The molecule has 12 aromatic carbocycles. The maximum atomic E-state index is 2.52. The van der Waals surface area contributed by atoms with Crippen LogP contribution in [0.4, 0.5) is 34.1 Å². The van der Waals surface area contributed by atoms with Crippen molar-refractivity contribution < 1.29 is 0 Å². The fourth-order valence-corrected chi connectivity index (χ4v) is 18.5. The molecule has 0 heterocycles. The Morgan fingerprint density at radius 2 is 0.514 bits per heavy atom. The van der Waals surface area contributed by atoms with Crippen molar-refractivity contribution in [2.45, 2.75) is 163 Å². The minimum Gasteiger partial charge on any atom is -0.310 e. The zero-order valence-corrected chi connectivity index (χ0v) is 64.0. The van der Waals surface area contributed by atoms with Crippen LogP contribution in [0.1, 0.15) is 201 Å². The highest BCUT2D eigenvalue weighted by Gasteiger charge is 2.27. The van der Waals surface area contributed by atoms with Crippen LogP contribution >= 0.6 is 0 Å². The third kappa shape index (κ3) is 16.1. The molecular weight excluding hydrogens is 1290 g/mol. The largest absolute Gasteiger partial charge is 0.310 e. The van der Waals surface area contributed by atoms with Crippen LogP contribution in [0.3, 0.4) is 0 Å². The van der Waals surface area contributed by atoms with E-state index in [-0.39, 0.29) is 0 Å². The van der Waals surface area contributed by atoms with Gasteiger partial charge in [-0.15, -0.1) is 0 Å². The highest BCUT2D eigenvalue weighted by Crippen LogP contribution is 2.49. The molecule has 0 atom stereocenters. The van der Waals surface area contributed by atoms with Crippen LogP contribution < -0.4 is 9.80 Å². The minimum atomic E-state index is 0.560. The first kappa shape index (κ1) is 71.0. The quantitative estimate of drug-likeness (QED) is 0.0745. The summed E-state index contributed by atoms with van der Waals surface area (Å²) in [6.07, 6.45) is 35.7. The molecule has 0 bridgehead atoms. The first-order chi connectivity index (χ1) is 52.6. The van der Waals surface area contributed by atoms with Gasteiger partial charge in [0, 0.05) is 33.5 Å². The molecule has 4 fully saturated rings. The van der Waals surface area contributed by atoms with Crippen molar-refractivity contribution >= 4 is 102 Å². The van der Waals surface area contributed by atoms with Crippen molar-refractivity contribution in [1.29, 1.82) is 0 Å². The second kappa shape index (κ2) is 32.8. The third-order valence-corrected chi connectivity index (χ3v) is 24.5. The first-order valence-electron chi connectivity index (χ1n) is 40.8. The summed E-state index contributed by atoms with van der Waals surface area (Å²) in [4.78, 5) is 5.04. The van der Waals surface area contributed by atoms with Gasteiger partial charge in [0.05, 0.1) is 11.4 Å². The lowest BCUT2D eigenvalue weighted by molar-refractivity contribution is 0.430. The molecule has 4 aliphatic rings. The molecule has 2 heteroatoms.